The molecule has 0 aliphatic heterocycles. The highest BCUT2D eigenvalue weighted by Crippen LogP contribution is 2.44. The summed E-state index contributed by atoms with van der Waals surface area (Å²) in [5, 5.41) is 11.1. The van der Waals surface area contributed by atoms with Crippen molar-refractivity contribution in [2.24, 2.45) is 0 Å². The predicted molar refractivity (Wildman–Crippen MR) is 139 cm³/mol. The molecule has 0 spiro atoms. The zero-order valence-electron chi connectivity index (χ0n) is 18.4. The van der Waals surface area contributed by atoms with Crippen molar-refractivity contribution < 1.29 is 0 Å². The monoisotopic (exact) mass is 413 g/mol. The molecule has 1 aliphatic rings. The molecule has 0 radical (unpaired) electrons. The van der Waals surface area contributed by atoms with Gasteiger partial charge < -0.3 is 4.57 Å². The van der Waals surface area contributed by atoms with Crippen molar-refractivity contribution >= 4 is 54.1 Å². The number of hydrogen-bond donors (Lipinski definition) is 0. The number of fused-ring (bicyclic) bond motifs is 10. The van der Waals surface area contributed by atoms with Crippen LogP contribution in [-0.2, 0) is 0 Å². The lowest BCUT2D eigenvalue weighted by Crippen LogP contribution is -2.07. The molecule has 6 aromatic rings. The van der Waals surface area contributed by atoms with Crippen molar-refractivity contribution in [1.82, 2.24) is 4.57 Å². The summed E-state index contributed by atoms with van der Waals surface area (Å²) in [6, 6.07) is 32.4. The Morgan fingerprint density at radius 2 is 0.969 bits per heavy atom. The minimum absolute atomic E-state index is 0.601. The lowest BCUT2D eigenvalue weighted by molar-refractivity contribution is 0.467. The number of benzene rings is 5. The fourth-order valence-corrected chi connectivity index (χ4v) is 6.39. The lowest BCUT2D eigenvalue weighted by atomic mass is 9.92. The van der Waals surface area contributed by atoms with E-state index in [1.54, 1.807) is 0 Å². The number of hydrogen-bond acceptors (Lipinski definition) is 0. The SMILES string of the molecule is c1ccc2c(c1)c1ccccc1c1c2ccc2c1c1ccccc1n2C1CCCCCC1. The van der Waals surface area contributed by atoms with Crippen LogP contribution in [0.3, 0.4) is 0 Å². The Kier molecular flexibility index (Phi) is 4.05. The van der Waals surface area contributed by atoms with Crippen LogP contribution in [0.25, 0.3) is 54.1 Å². The van der Waals surface area contributed by atoms with Crippen LogP contribution in [0.1, 0.15) is 44.6 Å². The summed E-state index contributed by atoms with van der Waals surface area (Å²) in [5.74, 6) is 0. The van der Waals surface area contributed by atoms with Gasteiger partial charge in [-0.1, -0.05) is 98.5 Å². The number of rotatable bonds is 1. The Hall–Kier alpha value is -3.32. The third kappa shape index (κ3) is 2.51. The zero-order valence-corrected chi connectivity index (χ0v) is 18.4. The van der Waals surface area contributed by atoms with E-state index in [1.807, 2.05) is 0 Å². The van der Waals surface area contributed by atoms with Gasteiger partial charge in [-0.15, -0.1) is 0 Å². The maximum absolute atomic E-state index is 2.69. The third-order valence-electron chi connectivity index (χ3n) is 7.77. The molecular weight excluding hydrogens is 386 g/mol. The summed E-state index contributed by atoms with van der Waals surface area (Å²) in [6.45, 7) is 0. The Morgan fingerprint density at radius 1 is 0.438 bits per heavy atom. The highest BCUT2D eigenvalue weighted by atomic mass is 15.0. The van der Waals surface area contributed by atoms with E-state index >= 15 is 0 Å². The van der Waals surface area contributed by atoms with Crippen molar-refractivity contribution in [3.63, 3.8) is 0 Å². The second kappa shape index (κ2) is 7.10. The highest BCUT2D eigenvalue weighted by Gasteiger charge is 2.22. The smallest absolute Gasteiger partial charge is 0.0500 e. The van der Waals surface area contributed by atoms with Crippen LogP contribution in [0.5, 0.6) is 0 Å². The van der Waals surface area contributed by atoms with E-state index in [9.17, 15) is 0 Å². The van der Waals surface area contributed by atoms with Gasteiger partial charge in [0.15, 0.2) is 0 Å². The van der Waals surface area contributed by atoms with Gasteiger partial charge in [-0.05, 0) is 51.9 Å². The van der Waals surface area contributed by atoms with E-state index in [2.05, 4.69) is 89.5 Å². The van der Waals surface area contributed by atoms with Crippen LogP contribution in [0, 0.1) is 0 Å². The fraction of sp³-hybridized carbons (Fsp3) is 0.226. The molecule has 0 amide bonds. The van der Waals surface area contributed by atoms with Gasteiger partial charge in [0.05, 0.1) is 5.52 Å². The summed E-state index contributed by atoms with van der Waals surface area (Å²) in [6.07, 6.45) is 8.05. The molecule has 1 saturated carbocycles. The minimum Gasteiger partial charge on any atom is -0.337 e. The van der Waals surface area contributed by atoms with Gasteiger partial charge in [0.2, 0.25) is 0 Å². The molecule has 5 aromatic carbocycles. The summed E-state index contributed by atoms with van der Waals surface area (Å²) >= 11 is 0. The first kappa shape index (κ1) is 18.3. The molecule has 1 nitrogen and oxygen atoms in total. The fourth-order valence-electron chi connectivity index (χ4n) is 6.39. The molecule has 1 aliphatic carbocycles. The highest BCUT2D eigenvalue weighted by molar-refractivity contribution is 6.35. The molecule has 1 fully saturated rings. The van der Waals surface area contributed by atoms with Crippen LogP contribution in [0.15, 0.2) is 84.9 Å². The standard InChI is InChI=1S/C31H27N/c1-2-4-12-21(11-3-1)32-28-18-10-9-17-27(28)31-29(32)20-19-26-24-15-6-5-13-22(24)23-14-7-8-16-25(23)30(26)31/h5-10,13-21H,1-4,11-12H2. The van der Waals surface area contributed by atoms with Gasteiger partial charge in [-0.25, -0.2) is 0 Å². The van der Waals surface area contributed by atoms with Crippen LogP contribution in [0.4, 0.5) is 0 Å². The van der Waals surface area contributed by atoms with Crippen molar-refractivity contribution in [3.05, 3.63) is 84.9 Å². The first-order valence-electron chi connectivity index (χ1n) is 12.2. The summed E-state index contributed by atoms with van der Waals surface area (Å²) in [4.78, 5) is 0. The average molecular weight is 414 g/mol. The molecule has 0 N–H and O–H groups in total. The van der Waals surface area contributed by atoms with Gasteiger partial charge in [0, 0.05) is 27.7 Å². The Morgan fingerprint density at radius 3 is 1.66 bits per heavy atom. The molecule has 0 unspecified atom stereocenters. The van der Waals surface area contributed by atoms with Crippen molar-refractivity contribution in [2.45, 2.75) is 44.6 Å². The minimum atomic E-state index is 0.601. The molecule has 32 heavy (non-hydrogen) atoms. The topological polar surface area (TPSA) is 4.93 Å². The van der Waals surface area contributed by atoms with Gasteiger partial charge in [-0.3, -0.25) is 0 Å². The lowest BCUT2D eigenvalue weighted by Gasteiger charge is -2.20. The Labute approximate surface area is 188 Å². The largest absolute Gasteiger partial charge is 0.337 e. The number of para-hydroxylation sites is 1. The molecule has 0 bridgehead atoms. The molecular formula is C31H27N. The van der Waals surface area contributed by atoms with E-state index in [4.69, 9.17) is 0 Å². The molecule has 7 rings (SSSR count). The molecule has 0 atom stereocenters. The number of aromatic nitrogens is 1. The van der Waals surface area contributed by atoms with Crippen LogP contribution in [0.2, 0.25) is 0 Å². The molecule has 1 heteroatoms. The summed E-state index contributed by atoms with van der Waals surface area (Å²) < 4.78 is 2.69. The van der Waals surface area contributed by atoms with E-state index in [-0.39, 0.29) is 0 Å². The second-order valence-electron chi connectivity index (χ2n) is 9.51. The van der Waals surface area contributed by atoms with E-state index in [0.29, 0.717) is 6.04 Å². The van der Waals surface area contributed by atoms with Gasteiger partial charge in [-0.2, -0.15) is 0 Å². The van der Waals surface area contributed by atoms with Crippen molar-refractivity contribution in [1.29, 1.82) is 0 Å². The summed E-state index contributed by atoms with van der Waals surface area (Å²) in [7, 11) is 0. The van der Waals surface area contributed by atoms with Crippen LogP contribution >= 0.6 is 0 Å². The van der Waals surface area contributed by atoms with Crippen molar-refractivity contribution in [2.75, 3.05) is 0 Å². The van der Waals surface area contributed by atoms with Gasteiger partial charge in [0.1, 0.15) is 0 Å². The molecule has 1 aromatic heterocycles. The first-order chi connectivity index (χ1) is 15.9. The van der Waals surface area contributed by atoms with Gasteiger partial charge in [0.25, 0.3) is 0 Å². The van der Waals surface area contributed by atoms with E-state index < -0.39 is 0 Å². The first-order valence-corrected chi connectivity index (χ1v) is 12.2. The maximum Gasteiger partial charge on any atom is 0.0500 e. The van der Waals surface area contributed by atoms with Gasteiger partial charge >= 0.3 is 0 Å². The number of nitrogens with zero attached hydrogens (tertiary/aromatic N) is 1. The molecule has 1 heterocycles. The normalized spacial score (nSPS) is 15.9. The zero-order chi connectivity index (χ0) is 21.1. The van der Waals surface area contributed by atoms with Crippen molar-refractivity contribution in [3.8, 4) is 0 Å². The summed E-state index contributed by atoms with van der Waals surface area (Å²) in [5.41, 5.74) is 2.81. The van der Waals surface area contributed by atoms with E-state index in [1.165, 1.54) is 92.6 Å². The molecule has 0 saturated heterocycles. The molecule has 156 valence electrons. The van der Waals surface area contributed by atoms with E-state index in [0.717, 1.165) is 0 Å². The third-order valence-corrected chi connectivity index (χ3v) is 7.77. The quantitative estimate of drug-likeness (QED) is 0.187. The Bertz CT molecular complexity index is 1590. The average Bonchev–Trinajstić information content (AvgIpc) is 2.98. The second-order valence-corrected chi connectivity index (χ2v) is 9.51. The van der Waals surface area contributed by atoms with Crippen LogP contribution in [-0.4, -0.2) is 4.57 Å². The Balaban J connectivity index is 1.72. The van der Waals surface area contributed by atoms with Crippen LogP contribution < -0.4 is 0 Å². The predicted octanol–water partition coefficient (Wildman–Crippen LogP) is 9.15. The maximum atomic E-state index is 2.69.